The summed E-state index contributed by atoms with van der Waals surface area (Å²) in [7, 11) is -3.23. The van der Waals surface area contributed by atoms with Gasteiger partial charge in [-0.2, -0.15) is 0 Å². The Morgan fingerprint density at radius 2 is 2.13 bits per heavy atom. The number of hydrogen-bond donors (Lipinski definition) is 2. The lowest BCUT2D eigenvalue weighted by Gasteiger charge is -2.33. The van der Waals surface area contributed by atoms with Gasteiger partial charge in [-0.3, -0.25) is 9.36 Å². The van der Waals surface area contributed by atoms with Gasteiger partial charge >= 0.3 is 0 Å². The van der Waals surface area contributed by atoms with Crippen LogP contribution >= 0.6 is 0 Å². The monoisotopic (exact) mass is 449 g/mol. The maximum Gasteiger partial charge on any atom is 0.227 e. The normalized spacial score (nSPS) is 17.1. The first-order valence-electron chi connectivity index (χ1n) is 10.7. The van der Waals surface area contributed by atoms with Gasteiger partial charge in [0.1, 0.15) is 5.69 Å². The van der Waals surface area contributed by atoms with Crippen molar-refractivity contribution in [3.63, 3.8) is 0 Å². The number of hydrogen-bond acceptors (Lipinski definition) is 7. The van der Waals surface area contributed by atoms with Crippen LogP contribution in [0, 0.1) is 12.8 Å². The largest absolute Gasteiger partial charge is 0.370 e. The van der Waals surface area contributed by atoms with Gasteiger partial charge in [0.2, 0.25) is 21.9 Å². The Labute approximate surface area is 183 Å². The van der Waals surface area contributed by atoms with Crippen LogP contribution < -0.4 is 15.4 Å². The number of sulfonamides is 1. The molecule has 1 aliphatic heterocycles. The van der Waals surface area contributed by atoms with Crippen molar-refractivity contribution in [2.24, 2.45) is 11.7 Å². The summed E-state index contributed by atoms with van der Waals surface area (Å²) >= 11 is 0. The van der Waals surface area contributed by atoms with Crippen LogP contribution in [0.5, 0.6) is 0 Å². The molecule has 3 N–H and O–H groups in total. The van der Waals surface area contributed by atoms with Crippen molar-refractivity contribution in [3.8, 4) is 11.5 Å². The average molecular weight is 450 g/mol. The summed E-state index contributed by atoms with van der Waals surface area (Å²) in [5.74, 6) is 1.31. The SMILES string of the molecule is CCS(=O)(=O)NCCCn1c(-c2cccc(C)n2)nnc1N1CCCC(CC(N)=O)C1. The average Bonchev–Trinajstić information content (AvgIpc) is 3.15. The fourth-order valence-corrected chi connectivity index (χ4v) is 4.52. The quantitative estimate of drug-likeness (QED) is 0.518. The molecule has 0 radical (unpaired) electrons. The van der Waals surface area contributed by atoms with Gasteiger partial charge < -0.3 is 10.6 Å². The molecule has 1 fully saturated rings. The molecule has 0 aromatic carbocycles. The predicted molar refractivity (Wildman–Crippen MR) is 119 cm³/mol. The van der Waals surface area contributed by atoms with E-state index >= 15 is 0 Å². The predicted octanol–water partition coefficient (Wildman–Crippen LogP) is 1.07. The highest BCUT2D eigenvalue weighted by atomic mass is 32.2. The van der Waals surface area contributed by atoms with Gasteiger partial charge in [-0.15, -0.1) is 10.2 Å². The smallest absolute Gasteiger partial charge is 0.227 e. The highest BCUT2D eigenvalue weighted by Crippen LogP contribution is 2.27. The summed E-state index contributed by atoms with van der Waals surface area (Å²) in [6.07, 6.45) is 2.84. The van der Waals surface area contributed by atoms with Gasteiger partial charge in [0, 0.05) is 38.3 Å². The standard InChI is InChI=1S/C20H31N7O3S/c1-3-31(29,30)22-10-6-12-27-19(17-9-4-7-15(2)23-17)24-25-20(27)26-11-5-8-16(14-26)13-18(21)28/h4,7,9,16,22H,3,5-6,8,10-14H2,1-2H3,(H2,21,28). The van der Waals surface area contributed by atoms with E-state index in [4.69, 9.17) is 5.73 Å². The van der Waals surface area contributed by atoms with Crippen molar-refractivity contribution < 1.29 is 13.2 Å². The van der Waals surface area contributed by atoms with Gasteiger partial charge in [0.05, 0.1) is 5.75 Å². The van der Waals surface area contributed by atoms with E-state index in [9.17, 15) is 13.2 Å². The number of piperidine rings is 1. The van der Waals surface area contributed by atoms with E-state index < -0.39 is 10.0 Å². The summed E-state index contributed by atoms with van der Waals surface area (Å²) in [4.78, 5) is 18.1. The second-order valence-electron chi connectivity index (χ2n) is 7.92. The Morgan fingerprint density at radius 3 is 2.84 bits per heavy atom. The van der Waals surface area contributed by atoms with Gasteiger partial charge in [0.25, 0.3) is 0 Å². The summed E-state index contributed by atoms with van der Waals surface area (Å²) in [5, 5.41) is 8.86. The molecular weight excluding hydrogens is 418 g/mol. The van der Waals surface area contributed by atoms with E-state index in [1.165, 1.54) is 0 Å². The molecule has 2 aromatic heterocycles. The number of carbonyl (C=O) groups excluding carboxylic acids is 1. The van der Waals surface area contributed by atoms with Crippen molar-refractivity contribution >= 4 is 21.9 Å². The molecule has 0 aliphatic carbocycles. The van der Waals surface area contributed by atoms with Crippen LogP contribution in [0.25, 0.3) is 11.5 Å². The molecule has 0 spiro atoms. The number of amides is 1. The van der Waals surface area contributed by atoms with E-state index in [1.54, 1.807) is 6.92 Å². The summed E-state index contributed by atoms with van der Waals surface area (Å²) in [6, 6.07) is 5.74. The minimum absolute atomic E-state index is 0.0539. The van der Waals surface area contributed by atoms with Gasteiger partial charge in [-0.1, -0.05) is 6.07 Å². The third kappa shape index (κ3) is 6.23. The number of primary amides is 1. The van der Waals surface area contributed by atoms with E-state index in [0.717, 1.165) is 30.8 Å². The third-order valence-corrected chi connectivity index (χ3v) is 6.80. The van der Waals surface area contributed by atoms with Gasteiger partial charge in [0.15, 0.2) is 5.82 Å². The first-order chi connectivity index (χ1) is 14.8. The number of pyridine rings is 1. The second-order valence-corrected chi connectivity index (χ2v) is 10.0. The van der Waals surface area contributed by atoms with Crippen LogP contribution in [0.2, 0.25) is 0 Å². The molecule has 1 atom stereocenters. The Balaban J connectivity index is 1.83. The van der Waals surface area contributed by atoms with Gasteiger partial charge in [-0.05, 0) is 51.2 Å². The molecule has 3 rings (SSSR count). The Kier molecular flexibility index (Phi) is 7.60. The maximum atomic E-state index is 11.7. The van der Waals surface area contributed by atoms with Crippen molar-refractivity contribution in [1.29, 1.82) is 0 Å². The molecule has 10 nitrogen and oxygen atoms in total. The number of aryl methyl sites for hydroxylation is 1. The molecule has 31 heavy (non-hydrogen) atoms. The molecule has 3 heterocycles. The molecule has 1 unspecified atom stereocenters. The van der Waals surface area contributed by atoms with Crippen LogP contribution in [0.4, 0.5) is 5.95 Å². The number of nitrogens with one attached hydrogen (secondary N) is 1. The molecule has 0 bridgehead atoms. The zero-order valence-corrected chi connectivity index (χ0v) is 18.9. The fourth-order valence-electron chi connectivity index (χ4n) is 3.86. The van der Waals surface area contributed by atoms with Crippen LogP contribution in [0.15, 0.2) is 18.2 Å². The highest BCUT2D eigenvalue weighted by Gasteiger charge is 2.26. The van der Waals surface area contributed by atoms with E-state index in [-0.39, 0.29) is 17.6 Å². The number of nitrogens with zero attached hydrogens (tertiary/aromatic N) is 5. The zero-order valence-electron chi connectivity index (χ0n) is 18.1. The van der Waals surface area contributed by atoms with Crippen molar-refractivity contribution in [3.05, 3.63) is 23.9 Å². The minimum atomic E-state index is -3.23. The molecule has 1 amide bonds. The summed E-state index contributed by atoms with van der Waals surface area (Å²) in [5.41, 5.74) is 7.00. The second kappa shape index (κ2) is 10.2. The van der Waals surface area contributed by atoms with Crippen molar-refractivity contribution in [1.82, 2.24) is 24.5 Å². The first-order valence-corrected chi connectivity index (χ1v) is 12.3. The zero-order chi connectivity index (χ0) is 22.4. The lowest BCUT2D eigenvalue weighted by Crippen LogP contribution is -2.38. The fraction of sp³-hybridized carbons (Fsp3) is 0.600. The Hall–Kier alpha value is -2.53. The summed E-state index contributed by atoms with van der Waals surface area (Å²) < 4.78 is 28.1. The van der Waals surface area contributed by atoms with Crippen molar-refractivity contribution in [2.45, 2.75) is 46.1 Å². The summed E-state index contributed by atoms with van der Waals surface area (Å²) in [6.45, 7) is 5.90. The lowest BCUT2D eigenvalue weighted by molar-refractivity contribution is -0.118. The number of aromatic nitrogens is 4. The number of carbonyl (C=O) groups is 1. The topological polar surface area (TPSA) is 136 Å². The number of nitrogens with two attached hydrogens (primary N) is 1. The third-order valence-electron chi connectivity index (χ3n) is 5.40. The van der Waals surface area contributed by atoms with E-state index in [0.29, 0.717) is 44.2 Å². The molecule has 170 valence electrons. The van der Waals surface area contributed by atoms with Crippen LogP contribution in [-0.2, 0) is 21.4 Å². The highest BCUT2D eigenvalue weighted by molar-refractivity contribution is 7.89. The minimum Gasteiger partial charge on any atom is -0.370 e. The van der Waals surface area contributed by atoms with Crippen LogP contribution in [-0.4, -0.2) is 59.5 Å². The molecule has 0 saturated carbocycles. The van der Waals surface area contributed by atoms with Gasteiger partial charge in [-0.25, -0.2) is 18.1 Å². The molecule has 1 saturated heterocycles. The van der Waals surface area contributed by atoms with Crippen molar-refractivity contribution in [2.75, 3.05) is 30.3 Å². The van der Waals surface area contributed by atoms with E-state index in [1.807, 2.05) is 29.7 Å². The lowest BCUT2D eigenvalue weighted by atomic mass is 9.95. The molecule has 2 aromatic rings. The molecule has 11 heteroatoms. The van der Waals surface area contributed by atoms with Crippen LogP contribution in [0.1, 0.15) is 38.3 Å². The molecular formula is C20H31N7O3S. The maximum absolute atomic E-state index is 11.7. The molecule has 1 aliphatic rings. The Morgan fingerprint density at radius 1 is 1.32 bits per heavy atom. The number of anilines is 1. The first kappa shape index (κ1) is 23.1. The Bertz CT molecular complexity index is 1010. The van der Waals surface area contributed by atoms with Crippen LogP contribution in [0.3, 0.4) is 0 Å². The number of rotatable bonds is 10. The van der Waals surface area contributed by atoms with E-state index in [2.05, 4.69) is 24.8 Å².